The summed E-state index contributed by atoms with van der Waals surface area (Å²) in [7, 11) is -8.02. The Hall–Kier alpha value is -3.38. The molecule has 3 aromatic carbocycles. The van der Waals surface area contributed by atoms with Gasteiger partial charge in [0, 0.05) is 6.54 Å². The van der Waals surface area contributed by atoms with Crippen molar-refractivity contribution in [2.45, 2.75) is 42.5 Å². The fourth-order valence-electron chi connectivity index (χ4n) is 4.18. The first kappa shape index (κ1) is 26.7. The highest BCUT2D eigenvalue weighted by Gasteiger charge is 2.46. The lowest BCUT2D eigenvalue weighted by molar-refractivity contribution is -0.122. The summed E-state index contributed by atoms with van der Waals surface area (Å²) in [5.41, 5.74) is 2.85. The standard InChI is InChI=1S/C26H27N3O6S2/c1-18-3-9-21(10-4-18)29-25(30)17-24(26(29)31)28(37(34,35)23-11-5-19(2)6-12-23)16-15-20-7-13-22(14-8-20)36(27,32)33/h3-14,24H,15-17H2,1-2H3,(H2,27,32,33). The summed E-state index contributed by atoms with van der Waals surface area (Å²) in [6.45, 7) is 3.61. The molecule has 194 valence electrons. The van der Waals surface area contributed by atoms with Crippen molar-refractivity contribution in [1.29, 1.82) is 0 Å². The van der Waals surface area contributed by atoms with E-state index in [0.29, 0.717) is 11.3 Å². The van der Waals surface area contributed by atoms with Gasteiger partial charge in [-0.2, -0.15) is 4.31 Å². The van der Waals surface area contributed by atoms with Crippen LogP contribution in [0.5, 0.6) is 0 Å². The number of carbonyl (C=O) groups is 2. The van der Waals surface area contributed by atoms with Crippen LogP contribution in [0, 0.1) is 13.8 Å². The van der Waals surface area contributed by atoms with Crippen molar-refractivity contribution in [3.63, 3.8) is 0 Å². The van der Waals surface area contributed by atoms with Gasteiger partial charge < -0.3 is 0 Å². The molecular formula is C26H27N3O6S2. The van der Waals surface area contributed by atoms with E-state index in [1.54, 1.807) is 36.4 Å². The highest BCUT2D eigenvalue weighted by Crippen LogP contribution is 2.30. The minimum Gasteiger partial charge on any atom is -0.274 e. The number of aryl methyl sites for hydroxylation is 2. The van der Waals surface area contributed by atoms with E-state index in [1.807, 2.05) is 13.8 Å². The maximum Gasteiger partial charge on any atom is 0.252 e. The van der Waals surface area contributed by atoms with Gasteiger partial charge in [-0.3, -0.25) is 9.59 Å². The SMILES string of the molecule is Cc1ccc(N2C(=O)CC(N(CCc3ccc(S(N)(=O)=O)cc3)S(=O)(=O)c3ccc(C)cc3)C2=O)cc1. The molecular weight excluding hydrogens is 514 g/mol. The van der Waals surface area contributed by atoms with Gasteiger partial charge >= 0.3 is 0 Å². The van der Waals surface area contributed by atoms with Crippen LogP contribution in [0.1, 0.15) is 23.1 Å². The Labute approximate surface area is 216 Å². The second-order valence-electron chi connectivity index (χ2n) is 8.99. The van der Waals surface area contributed by atoms with Gasteiger partial charge in [-0.05, 0) is 62.2 Å². The number of imide groups is 1. The summed E-state index contributed by atoms with van der Waals surface area (Å²) in [5, 5.41) is 5.15. The molecule has 1 unspecified atom stereocenters. The molecule has 1 saturated heterocycles. The highest BCUT2D eigenvalue weighted by atomic mass is 32.2. The number of nitrogens with zero attached hydrogens (tertiary/aromatic N) is 2. The number of benzene rings is 3. The van der Waals surface area contributed by atoms with Crippen LogP contribution in [0.25, 0.3) is 0 Å². The molecule has 2 N–H and O–H groups in total. The van der Waals surface area contributed by atoms with Crippen LogP contribution in [0.3, 0.4) is 0 Å². The smallest absolute Gasteiger partial charge is 0.252 e. The molecule has 37 heavy (non-hydrogen) atoms. The van der Waals surface area contributed by atoms with Gasteiger partial charge in [0.15, 0.2) is 0 Å². The monoisotopic (exact) mass is 541 g/mol. The Morgan fingerprint density at radius 1 is 0.811 bits per heavy atom. The van der Waals surface area contributed by atoms with E-state index in [0.717, 1.165) is 20.3 Å². The number of hydrogen-bond donors (Lipinski definition) is 1. The zero-order valence-electron chi connectivity index (χ0n) is 20.4. The number of primary sulfonamides is 1. The third-order valence-corrected chi connectivity index (χ3v) is 9.11. The number of rotatable bonds is 8. The number of sulfonamides is 2. The normalized spacial score (nSPS) is 16.5. The van der Waals surface area contributed by atoms with E-state index in [9.17, 15) is 26.4 Å². The maximum atomic E-state index is 13.7. The van der Waals surface area contributed by atoms with Crippen LogP contribution >= 0.6 is 0 Å². The Balaban J connectivity index is 1.67. The lowest BCUT2D eigenvalue weighted by Crippen LogP contribution is -2.46. The molecule has 3 aromatic rings. The fourth-order valence-corrected chi connectivity index (χ4v) is 6.28. The van der Waals surface area contributed by atoms with Gasteiger partial charge in [-0.15, -0.1) is 0 Å². The second kappa shape index (κ2) is 10.2. The second-order valence-corrected chi connectivity index (χ2v) is 12.4. The molecule has 0 radical (unpaired) electrons. The Kier molecular flexibility index (Phi) is 7.33. The van der Waals surface area contributed by atoms with Gasteiger partial charge in [-0.1, -0.05) is 47.5 Å². The number of nitrogens with two attached hydrogens (primary N) is 1. The minimum atomic E-state index is -4.15. The highest BCUT2D eigenvalue weighted by molar-refractivity contribution is 7.89. The van der Waals surface area contributed by atoms with Crippen molar-refractivity contribution in [3.05, 3.63) is 89.5 Å². The van der Waals surface area contributed by atoms with Crippen LogP contribution in [-0.4, -0.2) is 45.5 Å². The van der Waals surface area contributed by atoms with Gasteiger partial charge in [-0.25, -0.2) is 26.9 Å². The topological polar surface area (TPSA) is 135 Å². The maximum absolute atomic E-state index is 13.7. The summed E-state index contributed by atoms with van der Waals surface area (Å²) < 4.78 is 51.6. The van der Waals surface area contributed by atoms with E-state index in [1.165, 1.54) is 36.4 Å². The number of amides is 2. The molecule has 2 amide bonds. The molecule has 9 nitrogen and oxygen atoms in total. The summed E-state index contributed by atoms with van der Waals surface area (Å²) in [6, 6.07) is 17.7. The molecule has 4 rings (SSSR count). The van der Waals surface area contributed by atoms with Gasteiger partial charge in [0.2, 0.25) is 26.0 Å². The molecule has 0 aromatic heterocycles. The molecule has 11 heteroatoms. The van der Waals surface area contributed by atoms with Crippen molar-refractivity contribution in [3.8, 4) is 0 Å². The summed E-state index contributed by atoms with van der Waals surface area (Å²) in [6.07, 6.45) is -0.110. The van der Waals surface area contributed by atoms with Crippen LogP contribution < -0.4 is 10.0 Å². The number of carbonyl (C=O) groups excluding carboxylic acids is 2. The first-order valence-corrected chi connectivity index (χ1v) is 14.5. The van der Waals surface area contributed by atoms with E-state index in [4.69, 9.17) is 5.14 Å². The Bertz CT molecular complexity index is 1530. The van der Waals surface area contributed by atoms with Gasteiger partial charge in [0.05, 0.1) is 21.9 Å². The van der Waals surface area contributed by atoms with Crippen LogP contribution in [0.4, 0.5) is 5.69 Å². The van der Waals surface area contributed by atoms with E-state index in [-0.39, 0.29) is 29.2 Å². The fraction of sp³-hybridized carbons (Fsp3) is 0.231. The van der Waals surface area contributed by atoms with E-state index < -0.39 is 37.9 Å². The van der Waals surface area contributed by atoms with Crippen LogP contribution in [0.15, 0.2) is 82.6 Å². The number of hydrogen-bond acceptors (Lipinski definition) is 6. The predicted molar refractivity (Wildman–Crippen MR) is 139 cm³/mol. The van der Waals surface area contributed by atoms with Crippen LogP contribution in [0.2, 0.25) is 0 Å². The molecule has 0 bridgehead atoms. The van der Waals surface area contributed by atoms with Crippen molar-refractivity contribution in [1.82, 2.24) is 4.31 Å². The van der Waals surface area contributed by atoms with E-state index >= 15 is 0 Å². The molecule has 1 atom stereocenters. The Morgan fingerprint density at radius 2 is 1.32 bits per heavy atom. The molecule has 1 heterocycles. The Morgan fingerprint density at radius 3 is 1.86 bits per heavy atom. The molecule has 0 spiro atoms. The van der Waals surface area contributed by atoms with Crippen LogP contribution in [-0.2, 0) is 36.1 Å². The summed E-state index contributed by atoms with van der Waals surface area (Å²) >= 11 is 0. The van der Waals surface area contributed by atoms with Gasteiger partial charge in [0.1, 0.15) is 6.04 Å². The zero-order valence-corrected chi connectivity index (χ0v) is 22.0. The summed E-state index contributed by atoms with van der Waals surface area (Å²) in [4.78, 5) is 27.4. The lowest BCUT2D eigenvalue weighted by atomic mass is 10.1. The lowest BCUT2D eigenvalue weighted by Gasteiger charge is -2.27. The van der Waals surface area contributed by atoms with E-state index in [2.05, 4.69) is 0 Å². The molecule has 0 saturated carbocycles. The average Bonchev–Trinajstić information content (AvgIpc) is 3.13. The quantitative estimate of drug-likeness (QED) is 0.436. The first-order valence-electron chi connectivity index (χ1n) is 11.5. The minimum absolute atomic E-state index is 0.0108. The predicted octanol–water partition coefficient (Wildman–Crippen LogP) is 2.52. The molecule has 1 aliphatic heterocycles. The largest absolute Gasteiger partial charge is 0.274 e. The van der Waals surface area contributed by atoms with Gasteiger partial charge in [0.25, 0.3) is 5.91 Å². The molecule has 0 aliphatic carbocycles. The van der Waals surface area contributed by atoms with Crippen molar-refractivity contribution in [2.24, 2.45) is 5.14 Å². The molecule has 1 fully saturated rings. The zero-order chi connectivity index (χ0) is 27.0. The summed E-state index contributed by atoms with van der Waals surface area (Å²) in [5.74, 6) is -1.10. The third kappa shape index (κ3) is 5.64. The average molecular weight is 542 g/mol. The molecule has 1 aliphatic rings. The first-order chi connectivity index (χ1) is 17.4. The third-order valence-electron chi connectivity index (χ3n) is 6.26. The van der Waals surface area contributed by atoms with Crippen molar-refractivity contribution >= 4 is 37.5 Å². The number of anilines is 1. The van der Waals surface area contributed by atoms with Crippen molar-refractivity contribution < 1.29 is 26.4 Å². The van der Waals surface area contributed by atoms with Crippen molar-refractivity contribution in [2.75, 3.05) is 11.4 Å².